The predicted molar refractivity (Wildman–Crippen MR) is 54.3 cm³/mol. The van der Waals surface area contributed by atoms with Gasteiger partial charge in [-0.3, -0.25) is 11.3 Å². The quantitative estimate of drug-likeness (QED) is 0.553. The van der Waals surface area contributed by atoms with Crippen LogP contribution in [0.15, 0.2) is 11.6 Å². The fourth-order valence-electron chi connectivity index (χ4n) is 1.53. The maximum absolute atomic E-state index is 5.49. The molecule has 1 aromatic heterocycles. The maximum atomic E-state index is 5.49. The summed E-state index contributed by atoms with van der Waals surface area (Å²) in [5, 5.41) is 3.20. The topological polar surface area (TPSA) is 50.9 Å². The third kappa shape index (κ3) is 2.76. The SMILES string of the molecule is NNC(Cc1nccs1)CC1CC1. The largest absolute Gasteiger partial charge is 0.271 e. The number of nitrogens with zero attached hydrogens (tertiary/aromatic N) is 1. The van der Waals surface area contributed by atoms with Crippen LogP contribution in [-0.4, -0.2) is 11.0 Å². The molecule has 1 atom stereocenters. The highest BCUT2D eigenvalue weighted by Gasteiger charge is 2.25. The normalized spacial score (nSPS) is 18.8. The molecule has 0 radical (unpaired) electrons. The lowest BCUT2D eigenvalue weighted by Crippen LogP contribution is -2.37. The van der Waals surface area contributed by atoms with Crippen molar-refractivity contribution < 1.29 is 0 Å². The minimum Gasteiger partial charge on any atom is -0.271 e. The Hall–Kier alpha value is -0.450. The second-order valence-electron chi connectivity index (χ2n) is 3.67. The number of nitrogens with two attached hydrogens (primary N) is 1. The lowest BCUT2D eigenvalue weighted by molar-refractivity contribution is 0.465. The van der Waals surface area contributed by atoms with Crippen LogP contribution < -0.4 is 11.3 Å². The molecular formula is C9H15N3S. The summed E-state index contributed by atoms with van der Waals surface area (Å²) in [5.74, 6) is 6.41. The van der Waals surface area contributed by atoms with Gasteiger partial charge in [-0.05, 0) is 12.3 Å². The fourth-order valence-corrected chi connectivity index (χ4v) is 2.23. The smallest absolute Gasteiger partial charge is 0.0940 e. The Kier molecular flexibility index (Phi) is 2.93. The molecule has 0 amide bonds. The Morgan fingerprint density at radius 2 is 2.54 bits per heavy atom. The summed E-state index contributed by atoms with van der Waals surface area (Å²) in [4.78, 5) is 4.25. The second kappa shape index (κ2) is 4.17. The van der Waals surface area contributed by atoms with E-state index in [-0.39, 0.29) is 0 Å². The monoisotopic (exact) mass is 197 g/mol. The molecule has 1 fully saturated rings. The van der Waals surface area contributed by atoms with Gasteiger partial charge < -0.3 is 0 Å². The first kappa shape index (κ1) is 9.12. The summed E-state index contributed by atoms with van der Waals surface area (Å²) in [5.41, 5.74) is 2.88. The van der Waals surface area contributed by atoms with Crippen molar-refractivity contribution in [3.8, 4) is 0 Å². The molecule has 0 spiro atoms. The molecule has 4 heteroatoms. The van der Waals surface area contributed by atoms with Gasteiger partial charge in [-0.25, -0.2) is 4.98 Å². The molecule has 1 aromatic rings. The standard InChI is InChI=1S/C9H15N3S/c10-12-8(5-7-1-2-7)6-9-11-3-4-13-9/h3-4,7-8,12H,1-2,5-6,10H2. The average molecular weight is 197 g/mol. The highest BCUT2D eigenvalue weighted by Crippen LogP contribution is 2.33. The minimum atomic E-state index is 0.415. The van der Waals surface area contributed by atoms with Crippen LogP contribution in [0.3, 0.4) is 0 Å². The summed E-state index contributed by atoms with van der Waals surface area (Å²) in [6.45, 7) is 0. The average Bonchev–Trinajstić information content (AvgIpc) is 2.80. The third-order valence-corrected chi connectivity index (χ3v) is 3.26. The fraction of sp³-hybridized carbons (Fsp3) is 0.667. The van der Waals surface area contributed by atoms with Crippen molar-refractivity contribution in [1.29, 1.82) is 0 Å². The van der Waals surface area contributed by atoms with Crippen molar-refractivity contribution in [3.05, 3.63) is 16.6 Å². The zero-order chi connectivity index (χ0) is 9.10. The summed E-state index contributed by atoms with van der Waals surface area (Å²) in [7, 11) is 0. The van der Waals surface area contributed by atoms with E-state index in [1.165, 1.54) is 24.3 Å². The molecule has 1 heterocycles. The van der Waals surface area contributed by atoms with Crippen LogP contribution in [0.4, 0.5) is 0 Å². The van der Waals surface area contributed by atoms with E-state index in [1.807, 2.05) is 11.6 Å². The molecule has 0 aromatic carbocycles. The highest BCUT2D eigenvalue weighted by atomic mass is 32.1. The molecule has 13 heavy (non-hydrogen) atoms. The molecule has 0 aliphatic heterocycles. The highest BCUT2D eigenvalue weighted by molar-refractivity contribution is 7.09. The van der Waals surface area contributed by atoms with Gasteiger partial charge in [-0.15, -0.1) is 11.3 Å². The van der Waals surface area contributed by atoms with Crippen LogP contribution in [0.1, 0.15) is 24.3 Å². The van der Waals surface area contributed by atoms with Crippen molar-refractivity contribution in [1.82, 2.24) is 10.4 Å². The minimum absolute atomic E-state index is 0.415. The number of rotatable bonds is 5. The number of hydrazine groups is 1. The van der Waals surface area contributed by atoms with Crippen LogP contribution in [-0.2, 0) is 6.42 Å². The summed E-state index contributed by atoms with van der Waals surface area (Å²) >= 11 is 1.71. The molecule has 3 N–H and O–H groups in total. The Morgan fingerprint density at radius 1 is 1.69 bits per heavy atom. The number of hydrogen-bond acceptors (Lipinski definition) is 4. The van der Waals surface area contributed by atoms with Crippen LogP contribution in [0.25, 0.3) is 0 Å². The number of nitrogens with one attached hydrogen (secondary N) is 1. The van der Waals surface area contributed by atoms with E-state index in [1.54, 1.807) is 11.3 Å². The van der Waals surface area contributed by atoms with E-state index in [0.717, 1.165) is 12.3 Å². The summed E-state index contributed by atoms with van der Waals surface area (Å²) < 4.78 is 0. The van der Waals surface area contributed by atoms with Gasteiger partial charge in [0, 0.05) is 24.0 Å². The van der Waals surface area contributed by atoms with Gasteiger partial charge in [-0.2, -0.15) is 0 Å². The molecule has 1 unspecified atom stereocenters. The molecule has 1 aliphatic carbocycles. The molecule has 3 nitrogen and oxygen atoms in total. The molecule has 1 saturated carbocycles. The van der Waals surface area contributed by atoms with Crippen LogP contribution in [0.2, 0.25) is 0 Å². The van der Waals surface area contributed by atoms with Crippen LogP contribution >= 0.6 is 11.3 Å². The molecule has 2 rings (SSSR count). The van der Waals surface area contributed by atoms with Crippen molar-refractivity contribution >= 4 is 11.3 Å². The Morgan fingerprint density at radius 3 is 3.08 bits per heavy atom. The zero-order valence-electron chi connectivity index (χ0n) is 7.57. The van der Waals surface area contributed by atoms with E-state index in [9.17, 15) is 0 Å². The van der Waals surface area contributed by atoms with Gasteiger partial charge in [0.15, 0.2) is 0 Å². The van der Waals surface area contributed by atoms with Crippen molar-refractivity contribution in [2.45, 2.75) is 31.7 Å². The first-order chi connectivity index (χ1) is 6.38. The first-order valence-corrected chi connectivity index (χ1v) is 5.61. The Bertz CT molecular complexity index is 243. The molecular weight excluding hydrogens is 182 g/mol. The number of hydrogen-bond donors (Lipinski definition) is 2. The van der Waals surface area contributed by atoms with E-state index in [4.69, 9.17) is 5.84 Å². The molecule has 72 valence electrons. The maximum Gasteiger partial charge on any atom is 0.0940 e. The third-order valence-electron chi connectivity index (χ3n) is 2.45. The van der Waals surface area contributed by atoms with Gasteiger partial charge in [0.1, 0.15) is 0 Å². The van der Waals surface area contributed by atoms with Crippen LogP contribution in [0, 0.1) is 5.92 Å². The van der Waals surface area contributed by atoms with E-state index >= 15 is 0 Å². The summed E-state index contributed by atoms with van der Waals surface area (Å²) in [6.07, 6.45) is 6.80. The predicted octanol–water partition coefficient (Wildman–Crippen LogP) is 1.32. The van der Waals surface area contributed by atoms with Gasteiger partial charge in [0.2, 0.25) is 0 Å². The summed E-state index contributed by atoms with van der Waals surface area (Å²) in [6, 6.07) is 0.415. The Balaban J connectivity index is 1.82. The first-order valence-electron chi connectivity index (χ1n) is 4.73. The zero-order valence-corrected chi connectivity index (χ0v) is 8.39. The van der Waals surface area contributed by atoms with Crippen molar-refractivity contribution in [2.75, 3.05) is 0 Å². The lowest BCUT2D eigenvalue weighted by atomic mass is 10.1. The molecule has 1 aliphatic rings. The van der Waals surface area contributed by atoms with Gasteiger partial charge in [0.05, 0.1) is 5.01 Å². The Labute approximate surface area is 82.3 Å². The molecule has 0 saturated heterocycles. The number of aromatic nitrogens is 1. The van der Waals surface area contributed by atoms with Crippen molar-refractivity contribution in [2.24, 2.45) is 11.8 Å². The van der Waals surface area contributed by atoms with E-state index in [0.29, 0.717) is 6.04 Å². The van der Waals surface area contributed by atoms with Gasteiger partial charge in [-0.1, -0.05) is 12.8 Å². The van der Waals surface area contributed by atoms with Gasteiger partial charge >= 0.3 is 0 Å². The lowest BCUT2D eigenvalue weighted by Gasteiger charge is -2.13. The van der Waals surface area contributed by atoms with Crippen molar-refractivity contribution in [3.63, 3.8) is 0 Å². The van der Waals surface area contributed by atoms with Crippen LogP contribution in [0.5, 0.6) is 0 Å². The van der Waals surface area contributed by atoms with Gasteiger partial charge in [0.25, 0.3) is 0 Å². The number of thiazole rings is 1. The van der Waals surface area contributed by atoms with E-state index in [2.05, 4.69) is 10.4 Å². The van der Waals surface area contributed by atoms with E-state index < -0.39 is 0 Å². The second-order valence-corrected chi connectivity index (χ2v) is 4.65. The molecule has 0 bridgehead atoms.